The maximum absolute atomic E-state index is 11.6. The summed E-state index contributed by atoms with van der Waals surface area (Å²) in [4.78, 5) is 23.2. The number of nitrogens with zero attached hydrogens (tertiary/aromatic N) is 1. The van der Waals surface area contributed by atoms with Crippen LogP contribution in [0.5, 0.6) is 0 Å². The molecule has 0 unspecified atom stereocenters. The lowest BCUT2D eigenvalue weighted by atomic mass is 10.1. The van der Waals surface area contributed by atoms with Gasteiger partial charge in [-0.05, 0) is 5.56 Å². The van der Waals surface area contributed by atoms with Crippen LogP contribution in [0.1, 0.15) is 5.56 Å². The maximum Gasteiger partial charge on any atom is 0.323 e. The number of hydrogen-bond acceptors (Lipinski definition) is 3. The van der Waals surface area contributed by atoms with E-state index in [-0.39, 0.29) is 24.8 Å². The molecule has 1 amide bonds. The molecule has 96 valence electrons. The van der Waals surface area contributed by atoms with Crippen molar-refractivity contribution in [3.63, 3.8) is 0 Å². The minimum Gasteiger partial charge on any atom is -0.480 e. The Morgan fingerprint density at radius 1 is 1.33 bits per heavy atom. The van der Waals surface area contributed by atoms with Crippen LogP contribution in [0.15, 0.2) is 30.3 Å². The Balaban J connectivity index is 2.45. The summed E-state index contributed by atoms with van der Waals surface area (Å²) in [6.45, 7) is -0.329. The maximum atomic E-state index is 11.6. The Morgan fingerprint density at radius 3 is 2.50 bits per heavy atom. The second kappa shape index (κ2) is 6.39. The molecule has 6 nitrogen and oxygen atoms in total. The molecule has 0 saturated carbocycles. The number of hydrogen-bond donors (Lipinski definition) is 3. The van der Waals surface area contributed by atoms with Gasteiger partial charge in [0.2, 0.25) is 5.91 Å². The summed E-state index contributed by atoms with van der Waals surface area (Å²) in [6.07, 6.45) is 0.157. The fourth-order valence-electron chi connectivity index (χ4n) is 1.33. The zero-order valence-electron chi connectivity index (χ0n) is 10.0. The fourth-order valence-corrected chi connectivity index (χ4v) is 1.33. The Labute approximate surface area is 105 Å². The SMILES string of the molecule is CN(CC(=O)O)C(=N)NC(=O)Cc1ccccc1. The molecule has 18 heavy (non-hydrogen) atoms. The van der Waals surface area contributed by atoms with Crippen LogP contribution in [0.25, 0.3) is 0 Å². The molecule has 0 fully saturated rings. The van der Waals surface area contributed by atoms with Crippen LogP contribution in [0, 0.1) is 5.41 Å². The van der Waals surface area contributed by atoms with Crippen molar-refractivity contribution >= 4 is 17.8 Å². The third kappa shape index (κ3) is 4.65. The van der Waals surface area contributed by atoms with Crippen LogP contribution in [0.2, 0.25) is 0 Å². The first-order chi connectivity index (χ1) is 8.49. The van der Waals surface area contributed by atoms with Gasteiger partial charge in [0.1, 0.15) is 6.54 Å². The van der Waals surface area contributed by atoms with E-state index < -0.39 is 5.97 Å². The highest BCUT2D eigenvalue weighted by Gasteiger charge is 2.11. The second-order valence-electron chi connectivity index (χ2n) is 3.81. The van der Waals surface area contributed by atoms with Gasteiger partial charge in [-0.2, -0.15) is 0 Å². The lowest BCUT2D eigenvalue weighted by Crippen LogP contribution is -2.43. The van der Waals surface area contributed by atoms with Gasteiger partial charge < -0.3 is 10.0 Å². The standard InChI is InChI=1S/C12H15N3O3/c1-15(8-11(17)18)12(13)14-10(16)7-9-5-3-2-4-6-9/h2-6H,7-8H2,1H3,(H,17,18)(H2,13,14,16). The molecule has 0 bridgehead atoms. The summed E-state index contributed by atoms with van der Waals surface area (Å²) >= 11 is 0. The average molecular weight is 249 g/mol. The zero-order chi connectivity index (χ0) is 13.5. The van der Waals surface area contributed by atoms with Gasteiger partial charge in [-0.3, -0.25) is 20.3 Å². The Bertz CT molecular complexity index is 445. The monoisotopic (exact) mass is 249 g/mol. The van der Waals surface area contributed by atoms with E-state index in [1.165, 1.54) is 7.05 Å². The molecular weight excluding hydrogens is 234 g/mol. The van der Waals surface area contributed by atoms with Crippen molar-refractivity contribution in [3.8, 4) is 0 Å². The van der Waals surface area contributed by atoms with Crippen molar-refractivity contribution in [2.45, 2.75) is 6.42 Å². The Kier molecular flexibility index (Phi) is 4.86. The predicted molar refractivity (Wildman–Crippen MR) is 66.3 cm³/mol. The summed E-state index contributed by atoms with van der Waals surface area (Å²) < 4.78 is 0. The smallest absolute Gasteiger partial charge is 0.323 e. The van der Waals surface area contributed by atoms with Crippen LogP contribution < -0.4 is 5.32 Å². The molecule has 0 aromatic heterocycles. The number of amides is 1. The van der Waals surface area contributed by atoms with E-state index in [0.29, 0.717) is 0 Å². The van der Waals surface area contributed by atoms with Gasteiger partial charge in [0.15, 0.2) is 5.96 Å². The minimum absolute atomic E-state index is 0.157. The highest BCUT2D eigenvalue weighted by Crippen LogP contribution is 1.99. The van der Waals surface area contributed by atoms with Crippen molar-refractivity contribution < 1.29 is 14.7 Å². The second-order valence-corrected chi connectivity index (χ2v) is 3.81. The number of rotatable bonds is 4. The predicted octanol–water partition coefficient (Wildman–Crippen LogP) is 0.296. The first kappa shape index (κ1) is 13.7. The average Bonchev–Trinajstić information content (AvgIpc) is 2.29. The molecule has 0 atom stereocenters. The van der Waals surface area contributed by atoms with Crippen molar-refractivity contribution in [3.05, 3.63) is 35.9 Å². The molecule has 0 aliphatic heterocycles. The number of carboxylic acid groups (broad SMARTS) is 1. The minimum atomic E-state index is -1.06. The Morgan fingerprint density at radius 2 is 1.94 bits per heavy atom. The third-order valence-corrected chi connectivity index (χ3v) is 2.22. The number of carbonyl (C=O) groups excluding carboxylic acids is 1. The van der Waals surface area contributed by atoms with Crippen molar-refractivity contribution in [1.82, 2.24) is 10.2 Å². The Hall–Kier alpha value is -2.37. The number of aliphatic carboxylic acids is 1. The molecule has 0 spiro atoms. The molecule has 0 radical (unpaired) electrons. The molecule has 0 aliphatic carbocycles. The van der Waals surface area contributed by atoms with Gasteiger partial charge in [-0.15, -0.1) is 0 Å². The first-order valence-electron chi connectivity index (χ1n) is 5.34. The van der Waals surface area contributed by atoms with Gasteiger partial charge in [0.05, 0.1) is 6.42 Å². The summed E-state index contributed by atoms with van der Waals surface area (Å²) in [5.41, 5.74) is 0.837. The van der Waals surface area contributed by atoms with Gasteiger partial charge in [0.25, 0.3) is 0 Å². The lowest BCUT2D eigenvalue weighted by Gasteiger charge is -2.17. The number of guanidine groups is 1. The van der Waals surface area contributed by atoms with E-state index in [1.807, 2.05) is 30.3 Å². The van der Waals surface area contributed by atoms with E-state index in [2.05, 4.69) is 5.32 Å². The molecule has 0 saturated heterocycles. The van der Waals surface area contributed by atoms with Gasteiger partial charge in [-0.25, -0.2) is 0 Å². The quantitative estimate of drug-likeness (QED) is 0.528. The fraction of sp³-hybridized carbons (Fsp3) is 0.250. The molecule has 1 rings (SSSR count). The van der Waals surface area contributed by atoms with Gasteiger partial charge >= 0.3 is 5.97 Å². The first-order valence-corrected chi connectivity index (χ1v) is 5.34. The zero-order valence-corrected chi connectivity index (χ0v) is 10.0. The summed E-state index contributed by atoms with van der Waals surface area (Å²) in [7, 11) is 1.43. The summed E-state index contributed by atoms with van der Waals surface area (Å²) in [6, 6.07) is 9.12. The normalized spacial score (nSPS) is 9.61. The van der Waals surface area contributed by atoms with Gasteiger partial charge in [-0.1, -0.05) is 30.3 Å². The number of carbonyl (C=O) groups is 2. The van der Waals surface area contributed by atoms with E-state index in [1.54, 1.807) is 0 Å². The van der Waals surface area contributed by atoms with E-state index in [9.17, 15) is 9.59 Å². The van der Waals surface area contributed by atoms with E-state index >= 15 is 0 Å². The van der Waals surface area contributed by atoms with Gasteiger partial charge in [0, 0.05) is 7.05 Å². The molecule has 1 aromatic carbocycles. The number of carboxylic acids is 1. The van der Waals surface area contributed by atoms with Crippen LogP contribution in [-0.4, -0.2) is 41.4 Å². The molecule has 0 aliphatic rings. The third-order valence-electron chi connectivity index (χ3n) is 2.22. The van der Waals surface area contributed by atoms with Crippen LogP contribution in [-0.2, 0) is 16.0 Å². The van der Waals surface area contributed by atoms with E-state index in [4.69, 9.17) is 10.5 Å². The molecule has 3 N–H and O–H groups in total. The molecule has 0 heterocycles. The van der Waals surface area contributed by atoms with Crippen molar-refractivity contribution in [1.29, 1.82) is 5.41 Å². The summed E-state index contributed by atoms with van der Waals surface area (Å²) in [5, 5.41) is 18.4. The van der Waals surface area contributed by atoms with Crippen molar-refractivity contribution in [2.24, 2.45) is 0 Å². The highest BCUT2D eigenvalue weighted by molar-refractivity contribution is 5.97. The molecular formula is C12H15N3O3. The topological polar surface area (TPSA) is 93.5 Å². The number of nitrogens with one attached hydrogen (secondary N) is 2. The molecule has 1 aromatic rings. The largest absolute Gasteiger partial charge is 0.480 e. The summed E-state index contributed by atoms with van der Waals surface area (Å²) in [5.74, 6) is -1.62. The number of likely N-dealkylation sites (N-methyl/N-ethyl adjacent to an activating group) is 1. The number of benzene rings is 1. The van der Waals surface area contributed by atoms with Crippen LogP contribution >= 0.6 is 0 Å². The van der Waals surface area contributed by atoms with Crippen LogP contribution in [0.3, 0.4) is 0 Å². The lowest BCUT2D eigenvalue weighted by molar-refractivity contribution is -0.137. The highest BCUT2D eigenvalue weighted by atomic mass is 16.4. The molecule has 6 heteroatoms. The van der Waals surface area contributed by atoms with Crippen LogP contribution in [0.4, 0.5) is 0 Å². The van der Waals surface area contributed by atoms with E-state index in [0.717, 1.165) is 10.5 Å². The van der Waals surface area contributed by atoms with Crippen molar-refractivity contribution in [2.75, 3.05) is 13.6 Å².